The molecule has 0 unspecified atom stereocenters. The summed E-state index contributed by atoms with van der Waals surface area (Å²) in [7, 11) is 0. The number of aliphatic hydroxyl groups is 1. The fourth-order valence-corrected chi connectivity index (χ4v) is 3.76. The van der Waals surface area contributed by atoms with E-state index in [0.29, 0.717) is 0 Å². The highest BCUT2D eigenvalue weighted by Crippen LogP contribution is 2.40. The summed E-state index contributed by atoms with van der Waals surface area (Å²) in [6.45, 7) is 4.18. The van der Waals surface area contributed by atoms with E-state index in [-0.39, 0.29) is 30.0 Å². The summed E-state index contributed by atoms with van der Waals surface area (Å²) in [5.41, 5.74) is 2.29. The number of aliphatic hydroxyl groups excluding tert-OH is 1. The quantitative estimate of drug-likeness (QED) is 0.798. The molecular formula is C19H21Cl2NO. The summed E-state index contributed by atoms with van der Waals surface area (Å²) in [6, 6.07) is 15.9. The van der Waals surface area contributed by atoms with Crippen LogP contribution in [0.15, 0.2) is 48.5 Å². The molecule has 23 heavy (non-hydrogen) atoms. The third-order valence-electron chi connectivity index (χ3n) is 4.95. The van der Waals surface area contributed by atoms with E-state index >= 15 is 0 Å². The largest absolute Gasteiger partial charge is 0.392 e. The third kappa shape index (κ3) is 3.41. The molecule has 0 spiro atoms. The molecule has 0 amide bonds. The first-order chi connectivity index (χ1) is 11.0. The van der Waals surface area contributed by atoms with Crippen molar-refractivity contribution in [2.45, 2.75) is 32.0 Å². The van der Waals surface area contributed by atoms with E-state index in [2.05, 4.69) is 19.2 Å². The van der Waals surface area contributed by atoms with E-state index in [1.54, 1.807) is 0 Å². The average Bonchev–Trinajstić information content (AvgIpc) is 2.55. The minimum absolute atomic E-state index is 0.0825. The van der Waals surface area contributed by atoms with Gasteiger partial charge in [0.15, 0.2) is 0 Å². The van der Waals surface area contributed by atoms with Gasteiger partial charge in [-0.2, -0.15) is 0 Å². The van der Waals surface area contributed by atoms with Gasteiger partial charge in [-0.15, -0.1) is 0 Å². The lowest BCUT2D eigenvalue weighted by Gasteiger charge is -2.44. The number of hydrogen-bond acceptors (Lipinski definition) is 2. The Hall–Kier alpha value is -1.06. The van der Waals surface area contributed by atoms with Crippen LogP contribution in [0.4, 0.5) is 0 Å². The second-order valence-electron chi connectivity index (χ2n) is 6.43. The molecule has 1 aliphatic rings. The lowest BCUT2D eigenvalue weighted by Crippen LogP contribution is -2.48. The van der Waals surface area contributed by atoms with Crippen LogP contribution >= 0.6 is 23.2 Å². The molecule has 2 nitrogen and oxygen atoms in total. The first-order valence-electron chi connectivity index (χ1n) is 7.92. The van der Waals surface area contributed by atoms with Crippen molar-refractivity contribution in [2.75, 3.05) is 0 Å². The number of rotatable bonds is 2. The van der Waals surface area contributed by atoms with Gasteiger partial charge in [-0.05, 0) is 35.4 Å². The lowest BCUT2D eigenvalue weighted by atomic mass is 9.75. The van der Waals surface area contributed by atoms with Crippen molar-refractivity contribution >= 4 is 23.2 Å². The molecule has 0 aromatic heterocycles. The number of benzene rings is 2. The normalized spacial score (nSPS) is 31.1. The molecular weight excluding hydrogens is 329 g/mol. The molecule has 1 saturated heterocycles. The molecule has 0 saturated carbocycles. The second-order valence-corrected chi connectivity index (χ2v) is 7.31. The molecule has 2 aromatic rings. The molecule has 1 fully saturated rings. The van der Waals surface area contributed by atoms with Crippen LogP contribution in [-0.2, 0) is 0 Å². The maximum Gasteiger partial charge on any atom is 0.0627 e. The van der Waals surface area contributed by atoms with E-state index in [4.69, 9.17) is 23.2 Å². The van der Waals surface area contributed by atoms with Crippen LogP contribution in [0.2, 0.25) is 10.0 Å². The van der Waals surface area contributed by atoms with E-state index in [1.165, 1.54) is 0 Å². The number of nitrogens with one attached hydrogen (secondary N) is 1. The highest BCUT2D eigenvalue weighted by molar-refractivity contribution is 6.30. The lowest BCUT2D eigenvalue weighted by molar-refractivity contribution is -0.00676. The fourth-order valence-electron chi connectivity index (χ4n) is 3.51. The van der Waals surface area contributed by atoms with Crippen molar-refractivity contribution in [3.8, 4) is 0 Å². The van der Waals surface area contributed by atoms with Gasteiger partial charge in [-0.25, -0.2) is 0 Å². The zero-order valence-corrected chi connectivity index (χ0v) is 14.7. The minimum Gasteiger partial charge on any atom is -0.392 e. The Balaban J connectivity index is 1.92. The van der Waals surface area contributed by atoms with Crippen molar-refractivity contribution in [1.29, 1.82) is 0 Å². The molecule has 122 valence electrons. The molecule has 4 atom stereocenters. The summed E-state index contributed by atoms with van der Waals surface area (Å²) in [5, 5.41) is 15.9. The second kappa shape index (κ2) is 6.82. The summed E-state index contributed by atoms with van der Waals surface area (Å²) in [5.74, 6) is 0.240. The molecule has 0 bridgehead atoms. The Morgan fingerprint density at radius 3 is 1.43 bits per heavy atom. The number of hydrogen-bond donors (Lipinski definition) is 2. The van der Waals surface area contributed by atoms with E-state index in [0.717, 1.165) is 21.2 Å². The molecule has 1 heterocycles. The van der Waals surface area contributed by atoms with Gasteiger partial charge in [0.25, 0.3) is 0 Å². The van der Waals surface area contributed by atoms with Gasteiger partial charge < -0.3 is 10.4 Å². The van der Waals surface area contributed by atoms with E-state index in [9.17, 15) is 5.11 Å². The Morgan fingerprint density at radius 1 is 0.739 bits per heavy atom. The predicted octanol–water partition coefficient (Wildman–Crippen LogP) is 5.01. The van der Waals surface area contributed by atoms with Crippen molar-refractivity contribution in [3.63, 3.8) is 0 Å². The van der Waals surface area contributed by atoms with Gasteiger partial charge in [0.2, 0.25) is 0 Å². The van der Waals surface area contributed by atoms with Crippen LogP contribution in [-0.4, -0.2) is 11.2 Å². The molecule has 0 aliphatic carbocycles. The van der Waals surface area contributed by atoms with Gasteiger partial charge >= 0.3 is 0 Å². The van der Waals surface area contributed by atoms with Crippen molar-refractivity contribution < 1.29 is 5.11 Å². The highest BCUT2D eigenvalue weighted by Gasteiger charge is 2.40. The van der Waals surface area contributed by atoms with Crippen molar-refractivity contribution in [1.82, 2.24) is 5.32 Å². The average molecular weight is 350 g/mol. The van der Waals surface area contributed by atoms with Crippen LogP contribution in [0.25, 0.3) is 0 Å². The van der Waals surface area contributed by atoms with Crippen LogP contribution in [0.1, 0.15) is 37.1 Å². The van der Waals surface area contributed by atoms with Crippen molar-refractivity contribution in [2.24, 2.45) is 11.8 Å². The molecule has 2 aromatic carbocycles. The summed E-state index contributed by atoms with van der Waals surface area (Å²) >= 11 is 12.0. The fraction of sp³-hybridized carbons (Fsp3) is 0.368. The zero-order chi connectivity index (χ0) is 16.6. The van der Waals surface area contributed by atoms with Gasteiger partial charge in [0, 0.05) is 34.0 Å². The standard InChI is InChI=1S/C19H21Cl2NO/c1-11-17(13-3-7-15(20)8-4-13)22-18(12(2)19(11)23)14-5-9-16(21)10-6-14/h3-12,17-19,22-23H,1-2H3/t11-,12-,17+,18+/m1/s1. The van der Waals surface area contributed by atoms with E-state index < -0.39 is 0 Å². The summed E-state index contributed by atoms with van der Waals surface area (Å²) in [6.07, 6.45) is -0.377. The monoisotopic (exact) mass is 349 g/mol. The first kappa shape index (κ1) is 16.8. The Morgan fingerprint density at radius 2 is 1.09 bits per heavy atom. The van der Waals surface area contributed by atoms with Crippen LogP contribution in [0, 0.1) is 11.8 Å². The van der Waals surface area contributed by atoms with Gasteiger partial charge in [0.1, 0.15) is 0 Å². The smallest absolute Gasteiger partial charge is 0.0627 e. The van der Waals surface area contributed by atoms with Crippen LogP contribution in [0.3, 0.4) is 0 Å². The number of halogens is 2. The minimum atomic E-state index is -0.377. The predicted molar refractivity (Wildman–Crippen MR) is 95.9 cm³/mol. The van der Waals surface area contributed by atoms with Crippen molar-refractivity contribution in [3.05, 3.63) is 69.7 Å². The highest BCUT2D eigenvalue weighted by atomic mass is 35.5. The molecule has 2 N–H and O–H groups in total. The zero-order valence-electron chi connectivity index (χ0n) is 13.2. The maximum absolute atomic E-state index is 10.7. The van der Waals surface area contributed by atoms with Gasteiger partial charge in [-0.1, -0.05) is 61.3 Å². The first-order valence-corrected chi connectivity index (χ1v) is 8.68. The third-order valence-corrected chi connectivity index (χ3v) is 5.45. The molecule has 4 heteroatoms. The Labute approximate surface area is 147 Å². The van der Waals surface area contributed by atoms with Gasteiger partial charge in [0.05, 0.1) is 6.10 Å². The summed E-state index contributed by atoms with van der Waals surface area (Å²) in [4.78, 5) is 0. The SMILES string of the molecule is C[C@H]1C(O)[C@H](C)[C@@H](c2ccc(Cl)cc2)N[C@@H]1c1ccc(Cl)cc1. The summed E-state index contributed by atoms with van der Waals surface area (Å²) < 4.78 is 0. The van der Waals surface area contributed by atoms with Crippen LogP contribution < -0.4 is 5.32 Å². The molecule has 1 aliphatic heterocycles. The Bertz CT molecular complexity index is 599. The number of piperidine rings is 1. The molecule has 3 rings (SSSR count). The van der Waals surface area contributed by atoms with E-state index in [1.807, 2.05) is 48.5 Å². The maximum atomic E-state index is 10.7. The van der Waals surface area contributed by atoms with Gasteiger partial charge in [-0.3, -0.25) is 0 Å². The Kier molecular flexibility index (Phi) is 4.98. The topological polar surface area (TPSA) is 32.3 Å². The van der Waals surface area contributed by atoms with Crippen LogP contribution in [0.5, 0.6) is 0 Å². The molecule has 0 radical (unpaired) electrons.